The molecular weight excluding hydrogens is 348 g/mol. The van der Waals surface area contributed by atoms with E-state index in [9.17, 15) is 4.79 Å². The van der Waals surface area contributed by atoms with Crippen molar-refractivity contribution in [1.82, 2.24) is 4.90 Å². The quantitative estimate of drug-likeness (QED) is 0.761. The van der Waals surface area contributed by atoms with Crippen molar-refractivity contribution >= 4 is 23.3 Å². The molecule has 0 spiro atoms. The molecule has 5 heteroatoms. The molecule has 0 atom stereocenters. The first-order chi connectivity index (χ1) is 12.7. The highest BCUT2D eigenvalue weighted by molar-refractivity contribution is 6.30. The SMILES string of the molecule is CCOC(=O)C1=C(Nc2cccc(Cl)c2)CN(Cc2ccccc2)CC1. The van der Waals surface area contributed by atoms with Crippen molar-refractivity contribution in [3.8, 4) is 0 Å². The fraction of sp³-hybridized carbons (Fsp3) is 0.286. The molecule has 4 nitrogen and oxygen atoms in total. The molecule has 0 radical (unpaired) electrons. The summed E-state index contributed by atoms with van der Waals surface area (Å²) in [6.07, 6.45) is 0.661. The predicted octanol–water partition coefficient (Wildman–Crippen LogP) is 4.48. The molecular formula is C21H23ClN2O2. The molecule has 136 valence electrons. The Morgan fingerprint density at radius 2 is 2.00 bits per heavy atom. The fourth-order valence-electron chi connectivity index (χ4n) is 3.09. The first kappa shape index (κ1) is 18.5. The van der Waals surface area contributed by atoms with E-state index in [1.165, 1.54) is 5.56 Å². The standard InChI is InChI=1S/C21H23ClN2O2/c1-2-26-21(25)19-11-12-24(14-16-7-4-3-5-8-16)15-20(19)23-18-10-6-9-17(22)13-18/h3-10,13,23H,2,11-12,14-15H2,1H3. The third-order valence-electron chi connectivity index (χ3n) is 4.31. The van der Waals surface area contributed by atoms with Gasteiger partial charge in [0.25, 0.3) is 0 Å². The Morgan fingerprint density at radius 3 is 2.73 bits per heavy atom. The second-order valence-corrected chi connectivity index (χ2v) is 6.70. The van der Waals surface area contributed by atoms with Crippen LogP contribution in [0.1, 0.15) is 18.9 Å². The number of esters is 1. The highest BCUT2D eigenvalue weighted by atomic mass is 35.5. The van der Waals surface area contributed by atoms with Crippen LogP contribution in [-0.2, 0) is 16.1 Å². The zero-order chi connectivity index (χ0) is 18.4. The second-order valence-electron chi connectivity index (χ2n) is 6.26. The van der Waals surface area contributed by atoms with Crippen molar-refractivity contribution in [3.05, 3.63) is 76.5 Å². The van der Waals surface area contributed by atoms with Gasteiger partial charge in [0.15, 0.2) is 0 Å². The van der Waals surface area contributed by atoms with E-state index in [-0.39, 0.29) is 5.97 Å². The Labute approximate surface area is 159 Å². The molecule has 3 rings (SSSR count). The second kappa shape index (κ2) is 8.88. The van der Waals surface area contributed by atoms with Crippen LogP contribution in [0, 0.1) is 0 Å². The van der Waals surface area contributed by atoms with E-state index in [1.54, 1.807) is 0 Å². The molecule has 0 saturated heterocycles. The van der Waals surface area contributed by atoms with E-state index in [0.717, 1.165) is 30.0 Å². The van der Waals surface area contributed by atoms with Gasteiger partial charge in [0.2, 0.25) is 0 Å². The molecule has 2 aromatic carbocycles. The minimum atomic E-state index is -0.239. The predicted molar refractivity (Wildman–Crippen MR) is 105 cm³/mol. The monoisotopic (exact) mass is 370 g/mol. The summed E-state index contributed by atoms with van der Waals surface area (Å²) in [6, 6.07) is 17.9. The number of nitrogens with zero attached hydrogens (tertiary/aromatic N) is 1. The first-order valence-corrected chi connectivity index (χ1v) is 9.21. The maximum Gasteiger partial charge on any atom is 0.335 e. The van der Waals surface area contributed by atoms with E-state index in [1.807, 2.05) is 49.4 Å². The van der Waals surface area contributed by atoms with E-state index in [4.69, 9.17) is 16.3 Å². The number of halogens is 1. The molecule has 1 N–H and O–H groups in total. The summed E-state index contributed by atoms with van der Waals surface area (Å²) in [6.45, 7) is 4.53. The van der Waals surface area contributed by atoms with Gasteiger partial charge in [-0.3, -0.25) is 4.90 Å². The minimum absolute atomic E-state index is 0.239. The third kappa shape index (κ3) is 4.87. The van der Waals surface area contributed by atoms with Gasteiger partial charge in [-0.25, -0.2) is 4.79 Å². The van der Waals surface area contributed by atoms with Gasteiger partial charge in [-0.05, 0) is 37.1 Å². The zero-order valence-corrected chi connectivity index (χ0v) is 15.6. The van der Waals surface area contributed by atoms with Gasteiger partial charge in [-0.15, -0.1) is 0 Å². The lowest BCUT2D eigenvalue weighted by Gasteiger charge is -2.30. The van der Waals surface area contributed by atoms with Gasteiger partial charge >= 0.3 is 5.97 Å². The Morgan fingerprint density at radius 1 is 1.19 bits per heavy atom. The lowest BCUT2D eigenvalue weighted by atomic mass is 10.0. The van der Waals surface area contributed by atoms with Crippen LogP contribution in [0.25, 0.3) is 0 Å². The molecule has 0 aromatic heterocycles. The van der Waals surface area contributed by atoms with Gasteiger partial charge in [0, 0.05) is 36.0 Å². The van der Waals surface area contributed by atoms with Crippen LogP contribution in [0.2, 0.25) is 5.02 Å². The normalized spacial score (nSPS) is 15.0. The van der Waals surface area contributed by atoms with Gasteiger partial charge in [0.1, 0.15) is 0 Å². The van der Waals surface area contributed by atoms with Crippen LogP contribution >= 0.6 is 11.6 Å². The summed E-state index contributed by atoms with van der Waals surface area (Å²) < 4.78 is 5.25. The summed E-state index contributed by atoms with van der Waals surface area (Å²) in [5, 5.41) is 4.04. The van der Waals surface area contributed by atoms with E-state index in [0.29, 0.717) is 24.6 Å². The van der Waals surface area contributed by atoms with Crippen molar-refractivity contribution in [2.75, 3.05) is 25.0 Å². The lowest BCUT2D eigenvalue weighted by Crippen LogP contribution is -2.35. The van der Waals surface area contributed by atoms with Crippen LogP contribution in [0.4, 0.5) is 5.69 Å². The first-order valence-electron chi connectivity index (χ1n) is 8.83. The average Bonchev–Trinajstić information content (AvgIpc) is 2.63. The largest absolute Gasteiger partial charge is 0.463 e. The summed E-state index contributed by atoms with van der Waals surface area (Å²) in [7, 11) is 0. The molecule has 0 aliphatic carbocycles. The number of ether oxygens (including phenoxy) is 1. The van der Waals surface area contributed by atoms with Crippen molar-refractivity contribution in [3.63, 3.8) is 0 Å². The number of carbonyl (C=O) groups is 1. The van der Waals surface area contributed by atoms with E-state index < -0.39 is 0 Å². The maximum atomic E-state index is 12.4. The van der Waals surface area contributed by atoms with Crippen LogP contribution in [0.15, 0.2) is 65.9 Å². The molecule has 26 heavy (non-hydrogen) atoms. The fourth-order valence-corrected chi connectivity index (χ4v) is 3.28. The molecule has 0 bridgehead atoms. The smallest absolute Gasteiger partial charge is 0.335 e. The number of benzene rings is 2. The molecule has 1 aliphatic rings. The minimum Gasteiger partial charge on any atom is -0.463 e. The van der Waals surface area contributed by atoms with Crippen molar-refractivity contribution in [2.45, 2.75) is 19.9 Å². The number of nitrogens with one attached hydrogen (secondary N) is 1. The Bertz CT molecular complexity index is 790. The summed E-state index contributed by atoms with van der Waals surface area (Å²) in [5.41, 5.74) is 3.73. The van der Waals surface area contributed by atoms with Crippen molar-refractivity contribution in [2.24, 2.45) is 0 Å². The van der Waals surface area contributed by atoms with E-state index in [2.05, 4.69) is 22.3 Å². The number of carbonyl (C=O) groups excluding carboxylic acids is 1. The molecule has 2 aromatic rings. The Hall–Kier alpha value is -2.30. The van der Waals surface area contributed by atoms with Gasteiger partial charge in [0.05, 0.1) is 12.2 Å². The highest BCUT2D eigenvalue weighted by Gasteiger charge is 2.24. The van der Waals surface area contributed by atoms with Crippen LogP contribution < -0.4 is 5.32 Å². The van der Waals surface area contributed by atoms with Crippen LogP contribution in [-0.4, -0.2) is 30.6 Å². The molecule has 1 aliphatic heterocycles. The Kier molecular flexibility index (Phi) is 6.31. The van der Waals surface area contributed by atoms with Gasteiger partial charge < -0.3 is 10.1 Å². The average molecular weight is 371 g/mol. The van der Waals surface area contributed by atoms with Crippen LogP contribution in [0.5, 0.6) is 0 Å². The zero-order valence-electron chi connectivity index (χ0n) is 14.9. The highest BCUT2D eigenvalue weighted by Crippen LogP contribution is 2.24. The molecule has 0 unspecified atom stereocenters. The lowest BCUT2D eigenvalue weighted by molar-refractivity contribution is -0.138. The van der Waals surface area contributed by atoms with Crippen molar-refractivity contribution < 1.29 is 9.53 Å². The number of rotatable bonds is 6. The summed E-state index contributed by atoms with van der Waals surface area (Å²) in [4.78, 5) is 14.7. The number of hydrogen-bond donors (Lipinski definition) is 1. The van der Waals surface area contributed by atoms with Gasteiger partial charge in [-0.1, -0.05) is 48.0 Å². The maximum absolute atomic E-state index is 12.4. The third-order valence-corrected chi connectivity index (χ3v) is 4.55. The topological polar surface area (TPSA) is 41.6 Å². The van der Waals surface area contributed by atoms with Crippen LogP contribution in [0.3, 0.4) is 0 Å². The molecule has 0 amide bonds. The molecule has 0 fully saturated rings. The number of anilines is 1. The molecule has 0 saturated carbocycles. The van der Waals surface area contributed by atoms with Gasteiger partial charge in [-0.2, -0.15) is 0 Å². The molecule has 1 heterocycles. The summed E-state index contributed by atoms with van der Waals surface area (Å²) >= 11 is 6.09. The number of hydrogen-bond acceptors (Lipinski definition) is 4. The summed E-state index contributed by atoms with van der Waals surface area (Å²) in [5.74, 6) is -0.239. The Balaban J connectivity index is 1.80. The van der Waals surface area contributed by atoms with E-state index >= 15 is 0 Å². The van der Waals surface area contributed by atoms with Crippen molar-refractivity contribution in [1.29, 1.82) is 0 Å².